The van der Waals surface area contributed by atoms with Crippen LogP contribution in [0.3, 0.4) is 0 Å². The van der Waals surface area contributed by atoms with Crippen LogP contribution in [0.4, 0.5) is 0 Å². The predicted octanol–water partition coefficient (Wildman–Crippen LogP) is 0.253. The lowest BCUT2D eigenvalue weighted by Crippen LogP contribution is -2.23. The molecule has 0 fully saturated rings. The Bertz CT molecular complexity index is 492. The Hall–Kier alpha value is -2.43. The number of carbonyl (C=O) groups is 3. The predicted molar refractivity (Wildman–Crippen MR) is 58.0 cm³/mol. The molecule has 16 heavy (non-hydrogen) atoms. The van der Waals surface area contributed by atoms with Crippen molar-refractivity contribution in [2.24, 2.45) is 11.5 Å². The van der Waals surface area contributed by atoms with Crippen LogP contribution in [0.2, 0.25) is 0 Å². The zero-order valence-corrected chi connectivity index (χ0v) is 8.40. The van der Waals surface area contributed by atoms with Crippen molar-refractivity contribution in [3.8, 4) is 0 Å². The van der Waals surface area contributed by atoms with Crippen molar-refractivity contribution >= 4 is 17.6 Å². The number of hydrogen-bond donors (Lipinski definition) is 2. The molecule has 0 bridgehead atoms. The summed E-state index contributed by atoms with van der Waals surface area (Å²) in [6, 6.07) is 4.17. The number of benzene rings is 1. The van der Waals surface area contributed by atoms with E-state index in [-0.39, 0.29) is 16.7 Å². The lowest BCUT2D eigenvalue weighted by Gasteiger charge is -2.07. The van der Waals surface area contributed by atoms with Gasteiger partial charge in [-0.15, -0.1) is 0 Å². The highest BCUT2D eigenvalue weighted by atomic mass is 16.2. The standard InChI is InChI=1S/C11H10N2O3/c1-2-8(14)6-4-3-5-7(10(12)15)9(6)11(13)16/h2-5H,1H2,(H2,12,15)(H2,13,16). The fourth-order valence-corrected chi connectivity index (χ4v) is 1.34. The van der Waals surface area contributed by atoms with Gasteiger partial charge in [-0.05, 0) is 12.1 Å². The molecule has 5 nitrogen and oxygen atoms in total. The minimum atomic E-state index is -0.875. The van der Waals surface area contributed by atoms with Gasteiger partial charge in [-0.3, -0.25) is 14.4 Å². The molecular formula is C11H10N2O3. The van der Waals surface area contributed by atoms with Gasteiger partial charge in [0.05, 0.1) is 11.1 Å². The summed E-state index contributed by atoms with van der Waals surface area (Å²) in [5, 5.41) is 0. The molecule has 2 amide bonds. The van der Waals surface area contributed by atoms with Crippen molar-refractivity contribution in [2.75, 3.05) is 0 Å². The monoisotopic (exact) mass is 218 g/mol. The zero-order chi connectivity index (χ0) is 12.3. The zero-order valence-electron chi connectivity index (χ0n) is 8.40. The number of allylic oxidation sites excluding steroid dienone is 1. The van der Waals surface area contributed by atoms with E-state index in [0.29, 0.717) is 0 Å². The maximum atomic E-state index is 11.4. The first-order valence-corrected chi connectivity index (χ1v) is 4.38. The highest BCUT2D eigenvalue weighted by Gasteiger charge is 2.19. The molecule has 4 N–H and O–H groups in total. The Morgan fingerprint density at radius 2 is 1.62 bits per heavy atom. The van der Waals surface area contributed by atoms with E-state index in [4.69, 9.17) is 11.5 Å². The van der Waals surface area contributed by atoms with E-state index in [0.717, 1.165) is 6.08 Å². The molecule has 0 aromatic heterocycles. The van der Waals surface area contributed by atoms with Crippen molar-refractivity contribution in [3.05, 3.63) is 47.5 Å². The molecule has 0 unspecified atom stereocenters. The minimum absolute atomic E-state index is 0.0267. The number of carbonyl (C=O) groups excluding carboxylic acids is 3. The molecular weight excluding hydrogens is 208 g/mol. The molecule has 0 aliphatic carbocycles. The summed E-state index contributed by atoms with van der Waals surface area (Å²) < 4.78 is 0. The fraction of sp³-hybridized carbons (Fsp3) is 0. The van der Waals surface area contributed by atoms with Gasteiger partial charge in [-0.1, -0.05) is 18.7 Å². The van der Waals surface area contributed by atoms with Crippen molar-refractivity contribution in [1.82, 2.24) is 0 Å². The summed E-state index contributed by atoms with van der Waals surface area (Å²) in [5.74, 6) is -2.18. The number of ketones is 1. The SMILES string of the molecule is C=CC(=O)c1cccc(C(N)=O)c1C(N)=O. The van der Waals surface area contributed by atoms with Crippen LogP contribution in [-0.4, -0.2) is 17.6 Å². The molecule has 0 heterocycles. The highest BCUT2D eigenvalue weighted by Crippen LogP contribution is 2.15. The van der Waals surface area contributed by atoms with Gasteiger partial charge in [0.1, 0.15) is 0 Å². The molecule has 0 aliphatic rings. The van der Waals surface area contributed by atoms with Crippen molar-refractivity contribution in [1.29, 1.82) is 0 Å². The Labute approximate surface area is 91.7 Å². The first kappa shape index (κ1) is 11.6. The smallest absolute Gasteiger partial charge is 0.250 e. The van der Waals surface area contributed by atoms with Gasteiger partial charge in [0.15, 0.2) is 5.78 Å². The molecule has 1 aromatic rings. The topological polar surface area (TPSA) is 103 Å². The Morgan fingerprint density at radius 3 is 2.06 bits per heavy atom. The Balaban J connectivity index is 3.56. The second-order valence-electron chi connectivity index (χ2n) is 3.03. The van der Waals surface area contributed by atoms with Gasteiger partial charge in [0, 0.05) is 5.56 Å². The number of hydrogen-bond acceptors (Lipinski definition) is 3. The summed E-state index contributed by atoms with van der Waals surface area (Å²) in [4.78, 5) is 33.7. The lowest BCUT2D eigenvalue weighted by molar-refractivity contribution is 0.0961. The van der Waals surface area contributed by atoms with Gasteiger partial charge < -0.3 is 11.5 Å². The van der Waals surface area contributed by atoms with Crippen LogP contribution >= 0.6 is 0 Å². The average molecular weight is 218 g/mol. The maximum Gasteiger partial charge on any atom is 0.250 e. The van der Waals surface area contributed by atoms with E-state index in [2.05, 4.69) is 6.58 Å². The molecule has 82 valence electrons. The Morgan fingerprint density at radius 1 is 1.06 bits per heavy atom. The molecule has 0 saturated carbocycles. The molecule has 0 atom stereocenters. The van der Waals surface area contributed by atoms with Crippen LogP contribution in [0.5, 0.6) is 0 Å². The quantitative estimate of drug-likeness (QED) is 0.559. The van der Waals surface area contributed by atoms with Gasteiger partial charge >= 0.3 is 0 Å². The molecule has 0 radical (unpaired) electrons. The largest absolute Gasteiger partial charge is 0.366 e. The van der Waals surface area contributed by atoms with E-state index < -0.39 is 17.6 Å². The van der Waals surface area contributed by atoms with Crippen molar-refractivity contribution in [3.63, 3.8) is 0 Å². The van der Waals surface area contributed by atoms with E-state index in [9.17, 15) is 14.4 Å². The number of primary amides is 2. The van der Waals surface area contributed by atoms with Crippen LogP contribution in [0.25, 0.3) is 0 Å². The molecule has 0 spiro atoms. The Kier molecular flexibility index (Phi) is 3.20. The lowest BCUT2D eigenvalue weighted by atomic mass is 9.97. The molecule has 1 rings (SSSR count). The van der Waals surface area contributed by atoms with Gasteiger partial charge in [-0.25, -0.2) is 0 Å². The summed E-state index contributed by atoms with van der Waals surface area (Å²) in [6.07, 6.45) is 1.03. The van der Waals surface area contributed by atoms with Crippen LogP contribution in [-0.2, 0) is 0 Å². The average Bonchev–Trinajstić information content (AvgIpc) is 2.26. The second kappa shape index (κ2) is 4.39. The second-order valence-corrected chi connectivity index (χ2v) is 3.03. The van der Waals surface area contributed by atoms with Crippen LogP contribution in [0, 0.1) is 0 Å². The van der Waals surface area contributed by atoms with Crippen LogP contribution < -0.4 is 11.5 Å². The maximum absolute atomic E-state index is 11.4. The van der Waals surface area contributed by atoms with E-state index in [1.807, 2.05) is 0 Å². The van der Waals surface area contributed by atoms with Gasteiger partial charge in [0.2, 0.25) is 11.8 Å². The first-order valence-electron chi connectivity index (χ1n) is 4.38. The summed E-state index contributed by atoms with van der Waals surface area (Å²) in [7, 11) is 0. The molecule has 0 aliphatic heterocycles. The molecule has 0 saturated heterocycles. The number of nitrogens with two attached hydrogens (primary N) is 2. The highest BCUT2D eigenvalue weighted by molar-refractivity contribution is 6.16. The number of rotatable bonds is 4. The minimum Gasteiger partial charge on any atom is -0.366 e. The fourth-order valence-electron chi connectivity index (χ4n) is 1.34. The van der Waals surface area contributed by atoms with Crippen LogP contribution in [0.1, 0.15) is 31.1 Å². The first-order chi connectivity index (χ1) is 7.49. The summed E-state index contributed by atoms with van der Waals surface area (Å²) in [6.45, 7) is 3.29. The number of amides is 2. The molecule has 5 heteroatoms. The third-order valence-electron chi connectivity index (χ3n) is 2.03. The third-order valence-corrected chi connectivity index (χ3v) is 2.03. The van der Waals surface area contributed by atoms with E-state index >= 15 is 0 Å². The van der Waals surface area contributed by atoms with Gasteiger partial charge in [0.25, 0.3) is 0 Å². The van der Waals surface area contributed by atoms with E-state index in [1.165, 1.54) is 18.2 Å². The third kappa shape index (κ3) is 1.98. The van der Waals surface area contributed by atoms with Crippen molar-refractivity contribution < 1.29 is 14.4 Å². The van der Waals surface area contributed by atoms with Crippen molar-refractivity contribution in [2.45, 2.75) is 0 Å². The summed E-state index contributed by atoms with van der Waals surface area (Å²) >= 11 is 0. The van der Waals surface area contributed by atoms with E-state index in [1.54, 1.807) is 0 Å². The normalized spacial score (nSPS) is 9.50. The summed E-state index contributed by atoms with van der Waals surface area (Å²) in [5.41, 5.74) is 9.98. The van der Waals surface area contributed by atoms with Crippen LogP contribution in [0.15, 0.2) is 30.9 Å². The van der Waals surface area contributed by atoms with Gasteiger partial charge in [-0.2, -0.15) is 0 Å². The molecule has 1 aromatic carbocycles.